The SMILES string of the molecule is OCCNCCO.OP(O)(=S)S. The van der Waals surface area contributed by atoms with E-state index in [1.165, 1.54) is 0 Å². The highest BCUT2D eigenvalue weighted by molar-refractivity contribution is 8.59. The van der Waals surface area contributed by atoms with Crippen LogP contribution in [0.25, 0.3) is 0 Å². The summed E-state index contributed by atoms with van der Waals surface area (Å²) in [4.78, 5) is 15.7. The molecule has 0 aliphatic carbocycles. The van der Waals surface area contributed by atoms with Crippen LogP contribution in [0, 0.1) is 0 Å². The predicted molar refractivity (Wildman–Crippen MR) is 54.7 cm³/mol. The van der Waals surface area contributed by atoms with Crippen molar-refractivity contribution in [2.45, 2.75) is 0 Å². The highest BCUT2D eigenvalue weighted by Crippen LogP contribution is 2.39. The molecule has 0 bridgehead atoms. The van der Waals surface area contributed by atoms with Gasteiger partial charge in [-0.3, -0.25) is 0 Å². The minimum absolute atomic E-state index is 0.139. The first kappa shape index (κ1) is 15.3. The Morgan fingerprint density at radius 3 is 1.58 bits per heavy atom. The zero-order valence-electron chi connectivity index (χ0n) is 6.42. The van der Waals surface area contributed by atoms with Gasteiger partial charge in [0.05, 0.1) is 13.2 Å². The molecule has 76 valence electrons. The summed E-state index contributed by atoms with van der Waals surface area (Å²) < 4.78 is 0. The molecule has 0 heterocycles. The lowest BCUT2D eigenvalue weighted by Crippen LogP contribution is -2.21. The first-order valence-electron chi connectivity index (χ1n) is 3.12. The van der Waals surface area contributed by atoms with Gasteiger partial charge in [0.25, 0.3) is 0 Å². The second-order valence-corrected chi connectivity index (χ2v) is 6.75. The number of aliphatic hydroxyl groups is 2. The molecule has 5 N–H and O–H groups in total. The Hall–Kier alpha value is 0.800. The van der Waals surface area contributed by atoms with Crippen molar-refractivity contribution in [1.29, 1.82) is 0 Å². The molecule has 0 saturated heterocycles. The molecule has 0 aliphatic heterocycles. The van der Waals surface area contributed by atoms with E-state index >= 15 is 0 Å². The summed E-state index contributed by atoms with van der Waals surface area (Å²) in [6, 6.07) is 0. The molecule has 0 saturated carbocycles. The molecular weight excluding hydrogens is 221 g/mol. The molecule has 0 aliphatic rings. The van der Waals surface area contributed by atoms with Crippen LogP contribution in [0.4, 0.5) is 0 Å². The number of aliphatic hydroxyl groups excluding tert-OH is 2. The molecule has 0 atom stereocenters. The largest absolute Gasteiger partial charge is 0.395 e. The van der Waals surface area contributed by atoms with Crippen molar-refractivity contribution in [2.75, 3.05) is 26.3 Å². The summed E-state index contributed by atoms with van der Waals surface area (Å²) in [5.74, 6) is 0. The van der Waals surface area contributed by atoms with Gasteiger partial charge in [0.1, 0.15) is 0 Å². The molecule has 0 aromatic carbocycles. The maximum absolute atomic E-state index is 8.15. The van der Waals surface area contributed by atoms with Crippen LogP contribution < -0.4 is 5.32 Å². The fourth-order valence-electron chi connectivity index (χ4n) is 0.283. The molecule has 12 heavy (non-hydrogen) atoms. The second-order valence-electron chi connectivity index (χ2n) is 1.71. The van der Waals surface area contributed by atoms with Crippen molar-refractivity contribution in [3.05, 3.63) is 0 Å². The molecule has 5 nitrogen and oxygen atoms in total. The van der Waals surface area contributed by atoms with Gasteiger partial charge in [0.15, 0.2) is 0 Å². The van der Waals surface area contributed by atoms with Crippen molar-refractivity contribution in [3.8, 4) is 0 Å². The van der Waals surface area contributed by atoms with E-state index in [-0.39, 0.29) is 13.2 Å². The first-order valence-corrected chi connectivity index (χ1v) is 6.98. The molecule has 0 unspecified atom stereocenters. The Balaban J connectivity index is 0. The minimum atomic E-state index is -3.11. The zero-order valence-corrected chi connectivity index (χ0v) is 9.03. The highest BCUT2D eigenvalue weighted by Gasteiger charge is 1.90. The summed E-state index contributed by atoms with van der Waals surface area (Å²) in [6.45, 7) is 1.42. The molecule has 0 amide bonds. The van der Waals surface area contributed by atoms with Crippen LogP contribution in [0.3, 0.4) is 0 Å². The van der Waals surface area contributed by atoms with Crippen LogP contribution in [0.1, 0.15) is 0 Å². The summed E-state index contributed by atoms with van der Waals surface area (Å²) in [5.41, 5.74) is -3.11. The Morgan fingerprint density at radius 1 is 1.17 bits per heavy atom. The maximum Gasteiger partial charge on any atom is 0.239 e. The Morgan fingerprint density at radius 2 is 1.42 bits per heavy atom. The molecule has 0 radical (unpaired) electrons. The number of nitrogens with one attached hydrogen (secondary N) is 1. The van der Waals surface area contributed by atoms with Crippen molar-refractivity contribution in [1.82, 2.24) is 5.32 Å². The maximum atomic E-state index is 8.15. The first-order chi connectivity index (χ1) is 5.41. The molecule has 0 aromatic rings. The second kappa shape index (κ2) is 9.88. The van der Waals surface area contributed by atoms with Gasteiger partial charge >= 0.3 is 0 Å². The van der Waals surface area contributed by atoms with Gasteiger partial charge in [-0.2, -0.15) is 0 Å². The quantitative estimate of drug-likeness (QED) is 0.206. The van der Waals surface area contributed by atoms with E-state index in [2.05, 4.69) is 29.4 Å². The summed E-state index contributed by atoms with van der Waals surface area (Å²) >= 11 is 7.07. The van der Waals surface area contributed by atoms with Crippen molar-refractivity contribution < 1.29 is 20.0 Å². The van der Waals surface area contributed by atoms with Gasteiger partial charge < -0.3 is 25.3 Å². The predicted octanol–water partition coefficient (Wildman–Crippen LogP) is -1.31. The average Bonchev–Trinajstić information content (AvgIpc) is 1.85. The van der Waals surface area contributed by atoms with Crippen LogP contribution in [-0.4, -0.2) is 46.3 Å². The summed E-state index contributed by atoms with van der Waals surface area (Å²) in [7, 11) is 0. The van der Waals surface area contributed by atoms with E-state index in [4.69, 9.17) is 20.0 Å². The highest BCUT2D eigenvalue weighted by atomic mass is 32.9. The number of rotatable bonds is 4. The van der Waals surface area contributed by atoms with Crippen LogP contribution in [-0.2, 0) is 11.8 Å². The van der Waals surface area contributed by atoms with Crippen LogP contribution in [0.2, 0.25) is 0 Å². The number of thiol groups is 1. The normalized spacial score (nSPS) is 10.4. The monoisotopic (exact) mass is 235 g/mol. The van der Waals surface area contributed by atoms with Gasteiger partial charge in [-0.25, -0.2) is 0 Å². The third-order valence-electron chi connectivity index (χ3n) is 0.577. The molecule has 0 rings (SSSR count). The minimum Gasteiger partial charge on any atom is -0.395 e. The molecule has 8 heteroatoms. The fraction of sp³-hybridized carbons (Fsp3) is 1.00. The van der Waals surface area contributed by atoms with Gasteiger partial charge in [-0.15, -0.1) is 0 Å². The topological polar surface area (TPSA) is 93.0 Å². The van der Waals surface area contributed by atoms with Gasteiger partial charge in [-0.1, -0.05) is 12.2 Å². The zero-order chi connectivity index (χ0) is 10.0. The average molecular weight is 235 g/mol. The van der Waals surface area contributed by atoms with Gasteiger partial charge in [-0.05, 0) is 11.8 Å². The third kappa shape index (κ3) is 45.0. The van der Waals surface area contributed by atoms with E-state index in [1.807, 2.05) is 0 Å². The Labute approximate surface area is 81.8 Å². The van der Waals surface area contributed by atoms with E-state index in [0.29, 0.717) is 13.1 Å². The Kier molecular flexibility index (Phi) is 12.6. The van der Waals surface area contributed by atoms with E-state index in [9.17, 15) is 0 Å². The lowest BCUT2D eigenvalue weighted by atomic mass is 10.6. The Bertz CT molecular complexity index is 118. The molecule has 0 aromatic heterocycles. The van der Waals surface area contributed by atoms with Gasteiger partial charge in [0.2, 0.25) is 5.69 Å². The lowest BCUT2D eigenvalue weighted by molar-refractivity contribution is 0.266. The van der Waals surface area contributed by atoms with E-state index in [0.717, 1.165) is 0 Å². The van der Waals surface area contributed by atoms with E-state index in [1.54, 1.807) is 0 Å². The van der Waals surface area contributed by atoms with E-state index < -0.39 is 5.69 Å². The summed E-state index contributed by atoms with van der Waals surface area (Å²) in [6.07, 6.45) is 0. The van der Waals surface area contributed by atoms with Crippen LogP contribution >= 0.6 is 17.9 Å². The molecular formula is C4H14NO4PS2. The third-order valence-corrected chi connectivity index (χ3v) is 0.577. The molecule has 0 spiro atoms. The van der Waals surface area contributed by atoms with Crippen LogP contribution in [0.15, 0.2) is 0 Å². The van der Waals surface area contributed by atoms with Gasteiger partial charge in [0, 0.05) is 13.1 Å². The molecule has 0 fully saturated rings. The lowest BCUT2D eigenvalue weighted by Gasteiger charge is -1.94. The number of hydrogen-bond donors (Lipinski definition) is 6. The van der Waals surface area contributed by atoms with Crippen molar-refractivity contribution in [3.63, 3.8) is 0 Å². The number of hydrogen-bond acceptors (Lipinski definition) is 4. The smallest absolute Gasteiger partial charge is 0.239 e. The van der Waals surface area contributed by atoms with Crippen molar-refractivity contribution in [2.24, 2.45) is 0 Å². The fourth-order valence-corrected chi connectivity index (χ4v) is 0.283. The standard InChI is InChI=1S/C4H11NO2.H3O2PS2/c6-3-1-5-2-4-7;1-3(2,4)5/h5-7H,1-4H2;(H3,1,2,4,5). The van der Waals surface area contributed by atoms with Crippen molar-refractivity contribution >= 4 is 29.7 Å². The van der Waals surface area contributed by atoms with Crippen LogP contribution in [0.5, 0.6) is 0 Å². The summed E-state index contributed by atoms with van der Waals surface area (Å²) in [5, 5.41) is 19.1.